The van der Waals surface area contributed by atoms with Gasteiger partial charge in [0.25, 0.3) is 5.91 Å². The Morgan fingerprint density at radius 1 is 1.35 bits per heavy atom. The Morgan fingerprint density at radius 3 is 2.57 bits per heavy atom. The van der Waals surface area contributed by atoms with Crippen molar-refractivity contribution in [3.63, 3.8) is 0 Å². The second kappa shape index (κ2) is 7.68. The molecule has 1 fully saturated rings. The molecule has 1 aromatic carbocycles. The molecule has 1 aliphatic rings. The maximum atomic E-state index is 12.2. The van der Waals surface area contributed by atoms with Gasteiger partial charge in [0.2, 0.25) is 5.91 Å². The average Bonchev–Trinajstić information content (AvgIpc) is 2.59. The van der Waals surface area contributed by atoms with Crippen molar-refractivity contribution in [1.29, 1.82) is 0 Å². The van der Waals surface area contributed by atoms with E-state index < -0.39 is 0 Å². The molecule has 2 amide bonds. The number of amides is 2. The highest BCUT2D eigenvalue weighted by atomic mass is 16.5. The van der Waals surface area contributed by atoms with Gasteiger partial charge < -0.3 is 14.5 Å². The number of methoxy groups -OCH3 is 1. The summed E-state index contributed by atoms with van der Waals surface area (Å²) in [4.78, 5) is 27.2. The lowest BCUT2D eigenvalue weighted by atomic mass is 10.0. The molecular weight excluding hydrogens is 292 g/mol. The van der Waals surface area contributed by atoms with Crippen LogP contribution in [0.25, 0.3) is 0 Å². The fourth-order valence-corrected chi connectivity index (χ4v) is 2.96. The Morgan fingerprint density at radius 2 is 2.00 bits per heavy atom. The highest BCUT2D eigenvalue weighted by molar-refractivity contribution is 5.93. The second-order valence-electron chi connectivity index (χ2n) is 5.63. The molecule has 0 aromatic heterocycles. The maximum absolute atomic E-state index is 12.2. The third-order valence-corrected chi connectivity index (χ3v) is 4.27. The summed E-state index contributed by atoms with van der Waals surface area (Å²) in [5, 5.41) is 0. The first-order valence-electron chi connectivity index (χ1n) is 7.71. The van der Waals surface area contributed by atoms with E-state index in [4.69, 9.17) is 11.2 Å². The number of piperidine rings is 1. The predicted octanol–water partition coefficient (Wildman–Crippen LogP) is 1.67. The number of para-hydroxylation sites is 1. The normalized spacial score (nSPS) is 14.9. The monoisotopic (exact) mass is 314 g/mol. The van der Waals surface area contributed by atoms with Crippen molar-refractivity contribution < 1.29 is 14.3 Å². The number of nitrogens with zero attached hydrogens (tertiary/aromatic N) is 2. The minimum Gasteiger partial charge on any atom is -0.496 e. The molecule has 122 valence electrons. The first-order valence-corrected chi connectivity index (χ1v) is 7.71. The largest absolute Gasteiger partial charge is 0.496 e. The molecule has 2 rings (SSSR count). The summed E-state index contributed by atoms with van der Waals surface area (Å²) in [6, 6.07) is 7.64. The van der Waals surface area contributed by atoms with Crippen molar-refractivity contribution in [3.05, 3.63) is 29.8 Å². The van der Waals surface area contributed by atoms with Crippen molar-refractivity contribution in [2.75, 3.05) is 20.2 Å². The number of hydrogen-bond acceptors (Lipinski definition) is 3. The molecule has 0 saturated carbocycles. The molecule has 1 aliphatic heterocycles. The lowest BCUT2D eigenvalue weighted by Gasteiger charge is -2.37. The number of carbonyl (C=O) groups excluding carboxylic acids is 2. The van der Waals surface area contributed by atoms with Crippen molar-refractivity contribution in [2.45, 2.75) is 32.4 Å². The maximum Gasteiger partial charge on any atom is 0.298 e. The Hall–Kier alpha value is -2.48. The first-order chi connectivity index (χ1) is 11.1. The van der Waals surface area contributed by atoms with E-state index in [-0.39, 0.29) is 17.9 Å². The van der Waals surface area contributed by atoms with Crippen LogP contribution >= 0.6 is 0 Å². The zero-order valence-electron chi connectivity index (χ0n) is 13.6. The summed E-state index contributed by atoms with van der Waals surface area (Å²) >= 11 is 0. The van der Waals surface area contributed by atoms with Crippen LogP contribution in [-0.4, -0.2) is 47.9 Å². The number of rotatable bonds is 4. The molecule has 5 heteroatoms. The zero-order valence-corrected chi connectivity index (χ0v) is 13.6. The van der Waals surface area contributed by atoms with Gasteiger partial charge in [-0.25, -0.2) is 0 Å². The molecule has 0 spiro atoms. The molecule has 0 atom stereocenters. The summed E-state index contributed by atoms with van der Waals surface area (Å²) in [5.41, 5.74) is 0.924. The number of benzene rings is 1. The predicted molar refractivity (Wildman–Crippen MR) is 87.7 cm³/mol. The van der Waals surface area contributed by atoms with Crippen LogP contribution in [-0.2, 0) is 16.1 Å². The van der Waals surface area contributed by atoms with Crippen LogP contribution < -0.4 is 4.74 Å². The van der Waals surface area contributed by atoms with Crippen molar-refractivity contribution in [3.8, 4) is 18.1 Å². The van der Waals surface area contributed by atoms with Crippen LogP contribution in [0.2, 0.25) is 0 Å². The minimum absolute atomic E-state index is 0.0408. The SMILES string of the molecule is C#CC(=O)N(Cc1ccccc1OC)C1CCN(C(C)=O)CC1. The van der Waals surface area contributed by atoms with Crippen LogP contribution in [0.4, 0.5) is 0 Å². The van der Waals surface area contributed by atoms with Gasteiger partial charge in [0.15, 0.2) is 0 Å². The molecule has 5 nitrogen and oxygen atoms in total. The lowest BCUT2D eigenvalue weighted by molar-refractivity contribution is -0.132. The van der Waals surface area contributed by atoms with Crippen molar-refractivity contribution >= 4 is 11.8 Å². The van der Waals surface area contributed by atoms with Crippen LogP contribution in [0.5, 0.6) is 5.75 Å². The highest BCUT2D eigenvalue weighted by Crippen LogP contribution is 2.24. The van der Waals surface area contributed by atoms with E-state index in [1.807, 2.05) is 24.3 Å². The fraction of sp³-hybridized carbons (Fsp3) is 0.444. The molecule has 1 saturated heterocycles. The molecule has 0 N–H and O–H groups in total. The molecule has 0 radical (unpaired) electrons. The van der Waals surface area contributed by atoms with E-state index in [9.17, 15) is 9.59 Å². The zero-order chi connectivity index (χ0) is 16.8. The number of ether oxygens (including phenoxy) is 1. The van der Waals surface area contributed by atoms with Gasteiger partial charge in [-0.15, -0.1) is 6.42 Å². The molecule has 1 aromatic rings. The van der Waals surface area contributed by atoms with Gasteiger partial charge in [-0.05, 0) is 24.8 Å². The van der Waals surface area contributed by atoms with E-state index in [0.717, 1.165) is 24.2 Å². The number of terminal acetylenes is 1. The number of hydrogen-bond donors (Lipinski definition) is 0. The molecule has 23 heavy (non-hydrogen) atoms. The standard InChI is InChI=1S/C18H22N2O3/c1-4-18(22)20(13-15-7-5-6-8-17(15)23-3)16-9-11-19(12-10-16)14(2)21/h1,5-8,16H,9-13H2,2-3H3. The summed E-state index contributed by atoms with van der Waals surface area (Å²) < 4.78 is 5.35. The van der Waals surface area contributed by atoms with Crippen molar-refractivity contribution in [2.24, 2.45) is 0 Å². The van der Waals surface area contributed by atoms with E-state index in [1.165, 1.54) is 0 Å². The second-order valence-corrected chi connectivity index (χ2v) is 5.63. The third kappa shape index (κ3) is 4.04. The summed E-state index contributed by atoms with van der Waals surface area (Å²) in [7, 11) is 1.61. The summed E-state index contributed by atoms with van der Waals surface area (Å²) in [5.74, 6) is 2.71. The van der Waals surface area contributed by atoms with E-state index in [2.05, 4.69) is 5.92 Å². The Kier molecular flexibility index (Phi) is 5.64. The molecular formula is C18H22N2O3. The quantitative estimate of drug-likeness (QED) is 0.794. The topological polar surface area (TPSA) is 49.9 Å². The molecule has 1 heterocycles. The summed E-state index contributed by atoms with van der Waals surface area (Å²) in [6.07, 6.45) is 6.82. The Bertz CT molecular complexity index is 613. The van der Waals surface area contributed by atoms with Crippen LogP contribution in [0.3, 0.4) is 0 Å². The first kappa shape index (κ1) is 16.9. The van der Waals surface area contributed by atoms with Crippen LogP contribution in [0, 0.1) is 12.3 Å². The summed E-state index contributed by atoms with van der Waals surface area (Å²) in [6.45, 7) is 3.29. The van der Waals surface area contributed by atoms with Gasteiger partial charge in [0, 0.05) is 31.6 Å². The highest BCUT2D eigenvalue weighted by Gasteiger charge is 2.28. The fourth-order valence-electron chi connectivity index (χ4n) is 2.96. The third-order valence-electron chi connectivity index (χ3n) is 4.27. The number of likely N-dealkylation sites (tertiary alicyclic amines) is 1. The Labute approximate surface area is 137 Å². The van der Waals surface area contributed by atoms with Gasteiger partial charge in [-0.2, -0.15) is 0 Å². The van der Waals surface area contributed by atoms with Gasteiger partial charge in [-0.3, -0.25) is 9.59 Å². The Balaban J connectivity index is 2.14. The van der Waals surface area contributed by atoms with E-state index >= 15 is 0 Å². The smallest absolute Gasteiger partial charge is 0.298 e. The molecule has 0 aliphatic carbocycles. The van der Waals surface area contributed by atoms with Crippen molar-refractivity contribution in [1.82, 2.24) is 9.80 Å². The van der Waals surface area contributed by atoms with Crippen LogP contribution in [0.15, 0.2) is 24.3 Å². The molecule has 0 unspecified atom stereocenters. The van der Waals surface area contributed by atoms with Gasteiger partial charge >= 0.3 is 0 Å². The van der Waals surface area contributed by atoms with Gasteiger partial charge in [-0.1, -0.05) is 18.2 Å². The lowest BCUT2D eigenvalue weighted by Crippen LogP contribution is -2.47. The van der Waals surface area contributed by atoms with Gasteiger partial charge in [0.1, 0.15) is 5.75 Å². The van der Waals surface area contributed by atoms with Gasteiger partial charge in [0.05, 0.1) is 13.7 Å². The number of carbonyl (C=O) groups is 2. The van der Waals surface area contributed by atoms with E-state index in [1.54, 1.807) is 23.8 Å². The van der Waals surface area contributed by atoms with E-state index in [0.29, 0.717) is 19.6 Å². The molecule has 0 bridgehead atoms. The minimum atomic E-state index is -0.322. The van der Waals surface area contributed by atoms with Crippen LogP contribution in [0.1, 0.15) is 25.3 Å². The average molecular weight is 314 g/mol.